The van der Waals surface area contributed by atoms with E-state index in [2.05, 4.69) is 0 Å². The molecule has 0 unspecified atom stereocenters. The van der Waals surface area contributed by atoms with Crippen molar-refractivity contribution in [3.05, 3.63) is 41.0 Å². The van der Waals surface area contributed by atoms with Crippen molar-refractivity contribution < 1.29 is 9.59 Å². The number of primary amides is 1. The first-order valence-corrected chi connectivity index (χ1v) is 4.17. The van der Waals surface area contributed by atoms with Crippen molar-refractivity contribution >= 4 is 18.3 Å². The maximum absolute atomic E-state index is 10.5. The van der Waals surface area contributed by atoms with Crippen molar-refractivity contribution in [2.75, 3.05) is 0 Å². The van der Waals surface area contributed by atoms with Gasteiger partial charge in [0.15, 0.2) is 0 Å². The second kappa shape index (κ2) is 4.37. The fraction of sp³-hybridized carbons (Fsp3) is 0.0909. The molecule has 1 rings (SSSR count). The molecule has 0 radical (unpaired) electrons. The molecule has 0 atom stereocenters. The third-order valence-corrected chi connectivity index (χ3v) is 1.87. The number of nitrogens with two attached hydrogens (primary N) is 1. The Balaban J connectivity index is 3.06. The van der Waals surface area contributed by atoms with Crippen LogP contribution in [0.15, 0.2) is 24.3 Å². The highest BCUT2D eigenvalue weighted by atomic mass is 16.1. The van der Waals surface area contributed by atoms with Crippen LogP contribution in [0.3, 0.4) is 0 Å². The molecule has 0 fully saturated rings. The van der Waals surface area contributed by atoms with Gasteiger partial charge < -0.3 is 5.73 Å². The molecule has 1 aromatic carbocycles. The fourth-order valence-corrected chi connectivity index (χ4v) is 1.08. The molecular formula is C11H11NO2. The van der Waals surface area contributed by atoms with Crippen molar-refractivity contribution in [1.29, 1.82) is 0 Å². The summed E-state index contributed by atoms with van der Waals surface area (Å²) in [4.78, 5) is 21.0. The zero-order valence-corrected chi connectivity index (χ0v) is 7.86. The molecule has 1 aromatic rings. The van der Waals surface area contributed by atoms with E-state index in [1.54, 1.807) is 18.2 Å². The van der Waals surface area contributed by atoms with E-state index < -0.39 is 5.91 Å². The van der Waals surface area contributed by atoms with Crippen LogP contribution < -0.4 is 5.73 Å². The van der Waals surface area contributed by atoms with Gasteiger partial charge in [0.1, 0.15) is 6.29 Å². The summed E-state index contributed by atoms with van der Waals surface area (Å²) in [7, 11) is 0. The van der Waals surface area contributed by atoms with Crippen LogP contribution in [0.1, 0.15) is 21.5 Å². The number of aryl methyl sites for hydroxylation is 1. The molecular weight excluding hydrogens is 178 g/mol. The quantitative estimate of drug-likeness (QED) is 0.575. The second-order valence-corrected chi connectivity index (χ2v) is 2.97. The van der Waals surface area contributed by atoms with E-state index in [1.165, 1.54) is 6.08 Å². The van der Waals surface area contributed by atoms with Crippen LogP contribution in [0, 0.1) is 6.92 Å². The Kier molecular flexibility index (Phi) is 3.18. The maximum atomic E-state index is 10.5. The highest BCUT2D eigenvalue weighted by molar-refractivity contribution is 5.90. The number of hydrogen-bond donors (Lipinski definition) is 1. The molecule has 0 heterocycles. The lowest BCUT2D eigenvalue weighted by Gasteiger charge is -2.00. The molecule has 2 N–H and O–H groups in total. The smallest absolute Gasteiger partial charge is 0.241 e. The van der Waals surface area contributed by atoms with Gasteiger partial charge in [0, 0.05) is 11.6 Å². The summed E-state index contributed by atoms with van der Waals surface area (Å²) in [6.45, 7) is 1.90. The van der Waals surface area contributed by atoms with Crippen LogP contribution in [-0.2, 0) is 4.79 Å². The molecule has 14 heavy (non-hydrogen) atoms. The van der Waals surface area contributed by atoms with E-state index in [0.717, 1.165) is 17.4 Å². The zero-order valence-electron chi connectivity index (χ0n) is 7.86. The average molecular weight is 189 g/mol. The van der Waals surface area contributed by atoms with E-state index in [9.17, 15) is 9.59 Å². The molecule has 0 aliphatic heterocycles. The summed E-state index contributed by atoms with van der Waals surface area (Å²) in [5.41, 5.74) is 7.37. The van der Waals surface area contributed by atoms with Gasteiger partial charge in [-0.05, 0) is 30.2 Å². The van der Waals surface area contributed by atoms with Crippen LogP contribution in [0.4, 0.5) is 0 Å². The van der Waals surface area contributed by atoms with Crippen LogP contribution >= 0.6 is 0 Å². The van der Waals surface area contributed by atoms with Gasteiger partial charge in [0.2, 0.25) is 5.91 Å². The predicted octanol–water partition coefficient (Wildman–Crippen LogP) is 1.31. The Labute approximate surface area is 82.2 Å². The third kappa shape index (κ3) is 2.55. The highest BCUT2D eigenvalue weighted by Gasteiger charge is 1.96. The van der Waals surface area contributed by atoms with Crippen LogP contribution in [0.2, 0.25) is 0 Å². The Bertz CT molecular complexity index is 394. The highest BCUT2D eigenvalue weighted by Crippen LogP contribution is 2.11. The Hall–Kier alpha value is -1.90. The molecule has 72 valence electrons. The molecule has 3 heteroatoms. The minimum Gasteiger partial charge on any atom is -0.366 e. The molecule has 0 saturated heterocycles. The fourth-order valence-electron chi connectivity index (χ4n) is 1.08. The van der Waals surface area contributed by atoms with E-state index in [0.29, 0.717) is 5.56 Å². The molecule has 0 saturated carbocycles. The van der Waals surface area contributed by atoms with Gasteiger partial charge in [-0.2, -0.15) is 0 Å². The van der Waals surface area contributed by atoms with Gasteiger partial charge in [-0.1, -0.05) is 12.1 Å². The molecule has 1 amide bonds. The monoisotopic (exact) mass is 189 g/mol. The predicted molar refractivity (Wildman–Crippen MR) is 54.8 cm³/mol. The molecule has 0 bridgehead atoms. The minimum absolute atomic E-state index is 0.499. The topological polar surface area (TPSA) is 60.2 Å². The number of hydrogen-bond acceptors (Lipinski definition) is 2. The van der Waals surface area contributed by atoms with Crippen molar-refractivity contribution in [2.24, 2.45) is 5.73 Å². The molecule has 0 aromatic heterocycles. The first kappa shape index (κ1) is 10.2. The average Bonchev–Trinajstić information content (AvgIpc) is 2.16. The van der Waals surface area contributed by atoms with Crippen LogP contribution in [0.5, 0.6) is 0 Å². The molecule has 0 aliphatic rings. The van der Waals surface area contributed by atoms with Gasteiger partial charge >= 0.3 is 0 Å². The van der Waals surface area contributed by atoms with Crippen LogP contribution in [0.25, 0.3) is 6.08 Å². The van der Waals surface area contributed by atoms with Gasteiger partial charge in [-0.15, -0.1) is 0 Å². The van der Waals surface area contributed by atoms with Gasteiger partial charge in [-0.3, -0.25) is 9.59 Å². The second-order valence-electron chi connectivity index (χ2n) is 2.97. The summed E-state index contributed by atoms with van der Waals surface area (Å²) in [6.07, 6.45) is 3.64. The van der Waals surface area contributed by atoms with E-state index in [-0.39, 0.29) is 0 Å². The van der Waals surface area contributed by atoms with E-state index >= 15 is 0 Å². The van der Waals surface area contributed by atoms with Gasteiger partial charge in [-0.25, -0.2) is 0 Å². The summed E-state index contributed by atoms with van der Waals surface area (Å²) in [6, 6.07) is 5.26. The number of amides is 1. The number of carbonyl (C=O) groups is 2. The van der Waals surface area contributed by atoms with Gasteiger partial charge in [0.05, 0.1) is 0 Å². The van der Waals surface area contributed by atoms with Gasteiger partial charge in [0.25, 0.3) is 0 Å². The normalized spacial score (nSPS) is 10.4. The first-order chi connectivity index (χ1) is 6.63. The Morgan fingerprint density at radius 1 is 1.43 bits per heavy atom. The van der Waals surface area contributed by atoms with E-state index in [4.69, 9.17) is 5.73 Å². The lowest BCUT2D eigenvalue weighted by molar-refractivity contribution is -0.113. The molecule has 3 nitrogen and oxygen atoms in total. The molecule has 0 aliphatic carbocycles. The van der Waals surface area contributed by atoms with Crippen molar-refractivity contribution in [3.8, 4) is 0 Å². The number of carbonyl (C=O) groups excluding carboxylic acids is 2. The number of benzene rings is 1. The lowest BCUT2D eigenvalue weighted by atomic mass is 10.1. The zero-order chi connectivity index (χ0) is 10.6. The maximum Gasteiger partial charge on any atom is 0.241 e. The molecule has 0 spiro atoms. The van der Waals surface area contributed by atoms with Crippen molar-refractivity contribution in [2.45, 2.75) is 6.92 Å². The Morgan fingerprint density at radius 3 is 2.71 bits per heavy atom. The lowest BCUT2D eigenvalue weighted by Crippen LogP contribution is -2.05. The Morgan fingerprint density at radius 2 is 2.14 bits per heavy atom. The summed E-state index contributed by atoms with van der Waals surface area (Å²) < 4.78 is 0. The SMILES string of the molecule is Cc1ccc(C=O)cc1C=CC(N)=O. The standard InChI is InChI=1S/C11H11NO2/c1-8-2-3-9(7-13)6-10(8)4-5-11(12)14/h2-7H,1H3,(H2,12,14). The first-order valence-electron chi connectivity index (χ1n) is 4.17. The third-order valence-electron chi connectivity index (χ3n) is 1.87. The van der Waals surface area contributed by atoms with Crippen LogP contribution in [-0.4, -0.2) is 12.2 Å². The summed E-state index contributed by atoms with van der Waals surface area (Å²) in [5.74, 6) is -0.499. The minimum atomic E-state index is -0.499. The number of aldehydes is 1. The van der Waals surface area contributed by atoms with Crippen molar-refractivity contribution in [3.63, 3.8) is 0 Å². The van der Waals surface area contributed by atoms with Crippen molar-refractivity contribution in [1.82, 2.24) is 0 Å². The summed E-state index contributed by atoms with van der Waals surface area (Å²) in [5, 5.41) is 0. The largest absolute Gasteiger partial charge is 0.366 e. The summed E-state index contributed by atoms with van der Waals surface area (Å²) >= 11 is 0. The van der Waals surface area contributed by atoms with E-state index in [1.807, 2.05) is 13.0 Å². The number of rotatable bonds is 3.